The summed E-state index contributed by atoms with van der Waals surface area (Å²) in [5.74, 6) is 1.11. The molecular formula is C18H25F2N5O2. The van der Waals surface area contributed by atoms with Crippen LogP contribution in [0.3, 0.4) is 0 Å². The molecule has 0 fully saturated rings. The highest BCUT2D eigenvalue weighted by Gasteiger charge is 2.11. The number of nitrogens with zero attached hydrogens (tertiary/aromatic N) is 3. The minimum Gasteiger partial charge on any atom is -0.497 e. The molecule has 0 amide bonds. The summed E-state index contributed by atoms with van der Waals surface area (Å²) in [5.41, 5.74) is 0.546. The first-order valence-electron chi connectivity index (χ1n) is 8.73. The molecule has 2 aromatic rings. The number of aromatic nitrogens is 2. The van der Waals surface area contributed by atoms with Gasteiger partial charge in [0, 0.05) is 43.7 Å². The Labute approximate surface area is 157 Å². The molecule has 0 spiro atoms. The van der Waals surface area contributed by atoms with E-state index in [4.69, 9.17) is 4.74 Å². The van der Waals surface area contributed by atoms with Gasteiger partial charge in [-0.1, -0.05) is 0 Å². The lowest BCUT2D eigenvalue weighted by Gasteiger charge is -2.13. The third-order valence-electron chi connectivity index (χ3n) is 3.66. The van der Waals surface area contributed by atoms with Crippen LogP contribution < -0.4 is 20.1 Å². The van der Waals surface area contributed by atoms with Crippen LogP contribution in [0.25, 0.3) is 0 Å². The van der Waals surface area contributed by atoms with Crippen molar-refractivity contribution >= 4 is 5.96 Å². The maximum atomic E-state index is 12.6. The predicted octanol–water partition coefficient (Wildman–Crippen LogP) is 2.64. The zero-order valence-electron chi connectivity index (χ0n) is 15.5. The van der Waals surface area contributed by atoms with Crippen molar-refractivity contribution in [1.82, 2.24) is 20.4 Å². The van der Waals surface area contributed by atoms with E-state index in [2.05, 4.69) is 25.5 Å². The van der Waals surface area contributed by atoms with Gasteiger partial charge < -0.3 is 20.1 Å². The van der Waals surface area contributed by atoms with Crippen molar-refractivity contribution in [2.24, 2.45) is 4.99 Å². The monoisotopic (exact) mass is 381 g/mol. The van der Waals surface area contributed by atoms with E-state index < -0.39 is 6.61 Å². The van der Waals surface area contributed by atoms with Gasteiger partial charge in [-0.25, -0.2) is 4.99 Å². The standard InChI is InChI=1S/C18H25F2N5O2/c1-3-21-18(22-8-4-10-25-11-5-9-24-25)23-13-14-6-7-15(26-2)12-16(14)27-17(19)20/h5-7,9,11-12,17H,3-4,8,10,13H2,1-2H3,(H2,21,22,23). The van der Waals surface area contributed by atoms with Crippen LogP contribution >= 0.6 is 0 Å². The smallest absolute Gasteiger partial charge is 0.387 e. The molecule has 0 aliphatic heterocycles. The van der Waals surface area contributed by atoms with Crippen molar-refractivity contribution < 1.29 is 18.3 Å². The van der Waals surface area contributed by atoms with Crippen LogP contribution in [0, 0.1) is 0 Å². The number of rotatable bonds is 10. The van der Waals surface area contributed by atoms with Crippen molar-refractivity contribution in [3.63, 3.8) is 0 Å². The van der Waals surface area contributed by atoms with Gasteiger partial charge in [-0.3, -0.25) is 4.68 Å². The minimum absolute atomic E-state index is 0.0580. The molecule has 0 saturated carbocycles. The van der Waals surface area contributed by atoms with Crippen LogP contribution in [-0.2, 0) is 13.1 Å². The number of benzene rings is 1. The van der Waals surface area contributed by atoms with Crippen molar-refractivity contribution in [2.45, 2.75) is 33.0 Å². The molecule has 1 aromatic carbocycles. The van der Waals surface area contributed by atoms with E-state index in [0.29, 0.717) is 30.4 Å². The number of nitrogens with one attached hydrogen (secondary N) is 2. The van der Waals surface area contributed by atoms with Crippen LogP contribution in [0.4, 0.5) is 8.78 Å². The summed E-state index contributed by atoms with van der Waals surface area (Å²) >= 11 is 0. The highest BCUT2D eigenvalue weighted by Crippen LogP contribution is 2.27. The fourth-order valence-electron chi connectivity index (χ4n) is 2.38. The molecular weight excluding hydrogens is 356 g/mol. The molecule has 0 aliphatic rings. The molecule has 0 bridgehead atoms. The Morgan fingerprint density at radius 2 is 2.19 bits per heavy atom. The zero-order chi connectivity index (χ0) is 19.5. The first-order chi connectivity index (χ1) is 13.1. The summed E-state index contributed by atoms with van der Waals surface area (Å²) in [6.45, 7) is 1.43. The van der Waals surface area contributed by atoms with Gasteiger partial charge in [-0.15, -0.1) is 0 Å². The number of guanidine groups is 1. The predicted molar refractivity (Wildman–Crippen MR) is 99.3 cm³/mol. The Balaban J connectivity index is 1.96. The molecule has 7 nitrogen and oxygen atoms in total. The number of alkyl halides is 2. The van der Waals surface area contributed by atoms with E-state index in [0.717, 1.165) is 13.0 Å². The quantitative estimate of drug-likeness (QED) is 0.376. The van der Waals surface area contributed by atoms with Gasteiger partial charge in [-0.05, 0) is 31.5 Å². The molecule has 0 aliphatic carbocycles. The molecule has 27 heavy (non-hydrogen) atoms. The highest BCUT2D eigenvalue weighted by molar-refractivity contribution is 5.79. The van der Waals surface area contributed by atoms with E-state index in [1.165, 1.54) is 13.2 Å². The average Bonchev–Trinajstić information content (AvgIpc) is 3.16. The molecule has 1 heterocycles. The molecule has 1 aromatic heterocycles. The molecule has 2 rings (SSSR count). The normalized spacial score (nSPS) is 11.5. The van der Waals surface area contributed by atoms with E-state index in [9.17, 15) is 8.78 Å². The second-order valence-electron chi connectivity index (χ2n) is 5.60. The first kappa shape index (κ1) is 20.5. The number of hydrogen-bond acceptors (Lipinski definition) is 4. The van der Waals surface area contributed by atoms with Gasteiger partial charge in [0.05, 0.1) is 13.7 Å². The Hall–Kier alpha value is -2.84. The molecule has 0 unspecified atom stereocenters. The third kappa shape index (κ3) is 7.12. The van der Waals surface area contributed by atoms with Gasteiger partial charge in [0.1, 0.15) is 11.5 Å². The summed E-state index contributed by atoms with van der Waals surface area (Å²) < 4.78 is 36.8. The Kier molecular flexibility index (Phi) is 8.34. The Morgan fingerprint density at radius 1 is 1.33 bits per heavy atom. The number of hydrogen-bond donors (Lipinski definition) is 2. The molecule has 0 saturated heterocycles. The van der Waals surface area contributed by atoms with E-state index >= 15 is 0 Å². The second-order valence-corrected chi connectivity index (χ2v) is 5.60. The van der Waals surface area contributed by atoms with Crippen molar-refractivity contribution in [3.05, 3.63) is 42.2 Å². The fourth-order valence-corrected chi connectivity index (χ4v) is 2.38. The van der Waals surface area contributed by atoms with Crippen LogP contribution in [0.2, 0.25) is 0 Å². The zero-order valence-corrected chi connectivity index (χ0v) is 15.5. The van der Waals surface area contributed by atoms with Crippen LogP contribution in [0.5, 0.6) is 11.5 Å². The summed E-state index contributed by atoms with van der Waals surface area (Å²) in [6.07, 6.45) is 4.52. The number of aryl methyl sites for hydroxylation is 1. The Bertz CT molecular complexity index is 708. The molecule has 148 valence electrons. The minimum atomic E-state index is -2.91. The van der Waals surface area contributed by atoms with Crippen LogP contribution in [0.15, 0.2) is 41.7 Å². The second kappa shape index (κ2) is 11.0. The lowest BCUT2D eigenvalue weighted by atomic mass is 10.2. The number of halogens is 2. The van der Waals surface area contributed by atoms with Crippen LogP contribution in [-0.4, -0.2) is 42.6 Å². The number of methoxy groups -OCH3 is 1. The first-order valence-corrected chi connectivity index (χ1v) is 8.73. The molecule has 0 radical (unpaired) electrons. The topological polar surface area (TPSA) is 72.7 Å². The molecule has 0 atom stereocenters. The molecule has 2 N–H and O–H groups in total. The van der Waals surface area contributed by atoms with Crippen LogP contribution in [0.1, 0.15) is 18.9 Å². The van der Waals surface area contributed by atoms with Gasteiger partial charge in [-0.2, -0.15) is 13.9 Å². The van der Waals surface area contributed by atoms with Gasteiger partial charge in [0.15, 0.2) is 5.96 Å². The maximum absolute atomic E-state index is 12.6. The van der Waals surface area contributed by atoms with Gasteiger partial charge in [0.2, 0.25) is 0 Å². The largest absolute Gasteiger partial charge is 0.497 e. The van der Waals surface area contributed by atoms with Crippen molar-refractivity contribution in [2.75, 3.05) is 20.2 Å². The molecule has 9 heteroatoms. The summed E-state index contributed by atoms with van der Waals surface area (Å²) in [5, 5.41) is 10.5. The van der Waals surface area contributed by atoms with Crippen molar-refractivity contribution in [1.29, 1.82) is 0 Å². The SMILES string of the molecule is CCNC(=NCc1ccc(OC)cc1OC(F)F)NCCCn1cccn1. The van der Waals surface area contributed by atoms with E-state index in [-0.39, 0.29) is 12.3 Å². The van der Waals surface area contributed by atoms with Gasteiger partial charge >= 0.3 is 6.61 Å². The third-order valence-corrected chi connectivity index (χ3v) is 3.66. The van der Waals surface area contributed by atoms with Gasteiger partial charge in [0.25, 0.3) is 0 Å². The highest BCUT2D eigenvalue weighted by atomic mass is 19.3. The maximum Gasteiger partial charge on any atom is 0.387 e. The van der Waals surface area contributed by atoms with E-state index in [1.807, 2.05) is 23.9 Å². The summed E-state index contributed by atoms with van der Waals surface area (Å²) in [6, 6.07) is 6.67. The summed E-state index contributed by atoms with van der Waals surface area (Å²) in [4.78, 5) is 4.45. The number of ether oxygens (including phenoxy) is 2. The lowest BCUT2D eigenvalue weighted by molar-refractivity contribution is -0.0505. The van der Waals surface area contributed by atoms with Crippen molar-refractivity contribution in [3.8, 4) is 11.5 Å². The Morgan fingerprint density at radius 3 is 2.85 bits per heavy atom. The lowest BCUT2D eigenvalue weighted by Crippen LogP contribution is -2.38. The fraction of sp³-hybridized carbons (Fsp3) is 0.444. The van der Waals surface area contributed by atoms with E-state index in [1.54, 1.807) is 18.3 Å². The number of aliphatic imine (C=N–C) groups is 1. The summed E-state index contributed by atoms with van der Waals surface area (Å²) in [7, 11) is 1.47. The average molecular weight is 381 g/mol.